The van der Waals surface area contributed by atoms with Crippen molar-refractivity contribution in [2.45, 2.75) is 32.2 Å². The van der Waals surface area contributed by atoms with Gasteiger partial charge >= 0.3 is 0 Å². The summed E-state index contributed by atoms with van der Waals surface area (Å²) in [6, 6.07) is 2.87. The fourth-order valence-corrected chi connectivity index (χ4v) is 4.33. The van der Waals surface area contributed by atoms with Crippen molar-refractivity contribution < 1.29 is 8.78 Å². The lowest BCUT2D eigenvalue weighted by Crippen LogP contribution is -2.30. The van der Waals surface area contributed by atoms with E-state index in [0.717, 1.165) is 18.4 Å². The van der Waals surface area contributed by atoms with Crippen molar-refractivity contribution in [1.29, 1.82) is 0 Å². The van der Waals surface area contributed by atoms with E-state index < -0.39 is 11.6 Å². The van der Waals surface area contributed by atoms with Crippen LogP contribution in [0.25, 0.3) is 0 Å². The smallest absolute Gasteiger partial charge is 0.149 e. The Kier molecular flexibility index (Phi) is 4.16. The largest absolute Gasteiger partial charge is 0.370 e. The molecule has 2 aliphatic rings. The van der Waals surface area contributed by atoms with Gasteiger partial charge in [0.25, 0.3) is 0 Å². The molecule has 116 valence electrons. The van der Waals surface area contributed by atoms with Crippen LogP contribution < -0.4 is 10.2 Å². The Morgan fingerprint density at radius 2 is 1.90 bits per heavy atom. The van der Waals surface area contributed by atoms with E-state index in [1.807, 2.05) is 7.05 Å². The summed E-state index contributed by atoms with van der Waals surface area (Å²) < 4.78 is 28.5. The number of halogens is 2. The maximum absolute atomic E-state index is 14.2. The maximum Gasteiger partial charge on any atom is 0.149 e. The van der Waals surface area contributed by atoms with Gasteiger partial charge in [-0.3, -0.25) is 0 Å². The molecule has 2 nitrogen and oxygen atoms in total. The van der Waals surface area contributed by atoms with Crippen LogP contribution in [0.15, 0.2) is 12.1 Å². The van der Waals surface area contributed by atoms with E-state index in [0.29, 0.717) is 18.0 Å². The molecule has 1 aromatic carbocycles. The van der Waals surface area contributed by atoms with Crippen molar-refractivity contribution in [2.24, 2.45) is 17.8 Å². The van der Waals surface area contributed by atoms with Crippen molar-refractivity contribution in [2.75, 3.05) is 25.5 Å². The van der Waals surface area contributed by atoms with Gasteiger partial charge in [-0.05, 0) is 61.8 Å². The van der Waals surface area contributed by atoms with Crippen LogP contribution in [0.5, 0.6) is 0 Å². The van der Waals surface area contributed by atoms with E-state index in [1.165, 1.54) is 37.8 Å². The van der Waals surface area contributed by atoms with Gasteiger partial charge in [0.1, 0.15) is 17.3 Å². The second kappa shape index (κ2) is 5.91. The fraction of sp³-hybridized carbons (Fsp3) is 0.647. The second-order valence-corrected chi connectivity index (χ2v) is 6.75. The van der Waals surface area contributed by atoms with Crippen LogP contribution in [0.1, 0.15) is 31.2 Å². The molecule has 0 amide bonds. The number of rotatable bonds is 5. The third-order valence-corrected chi connectivity index (χ3v) is 5.23. The molecule has 4 heteroatoms. The highest BCUT2D eigenvalue weighted by atomic mass is 19.1. The molecular weight excluding hydrogens is 270 g/mol. The number of hydrogen-bond acceptors (Lipinski definition) is 2. The van der Waals surface area contributed by atoms with Gasteiger partial charge in [0.05, 0.1) is 0 Å². The molecule has 3 rings (SSSR count). The predicted molar refractivity (Wildman–Crippen MR) is 81.3 cm³/mol. The standard InChI is InChI=1S/C17H24F2N2/c1-20-9-12-7-15(18)17(16(19)8-12)21(2)10-14-6-11-3-4-13(14)5-11/h7-8,11,13-14,20H,3-6,9-10H2,1-2H3. The zero-order valence-electron chi connectivity index (χ0n) is 12.8. The molecule has 2 aliphatic carbocycles. The molecule has 0 heterocycles. The lowest BCUT2D eigenvalue weighted by molar-refractivity contribution is 0.336. The normalized spacial score (nSPS) is 27.3. The lowest BCUT2D eigenvalue weighted by atomic mass is 9.88. The molecule has 3 atom stereocenters. The molecule has 21 heavy (non-hydrogen) atoms. The summed E-state index contributed by atoms with van der Waals surface area (Å²) in [6.45, 7) is 1.24. The molecule has 0 aromatic heterocycles. The van der Waals surface area contributed by atoms with Crippen molar-refractivity contribution in [3.8, 4) is 0 Å². The molecule has 3 unspecified atom stereocenters. The van der Waals surface area contributed by atoms with Gasteiger partial charge < -0.3 is 10.2 Å². The third-order valence-electron chi connectivity index (χ3n) is 5.23. The Hall–Kier alpha value is -1.16. The van der Waals surface area contributed by atoms with Crippen LogP contribution in [-0.4, -0.2) is 20.6 Å². The minimum Gasteiger partial charge on any atom is -0.370 e. The number of nitrogens with one attached hydrogen (secondary N) is 1. The first kappa shape index (κ1) is 14.8. The van der Waals surface area contributed by atoms with Crippen molar-refractivity contribution in [1.82, 2.24) is 5.32 Å². The fourth-order valence-electron chi connectivity index (χ4n) is 4.33. The number of hydrogen-bond donors (Lipinski definition) is 1. The van der Waals surface area contributed by atoms with Gasteiger partial charge in [-0.25, -0.2) is 8.78 Å². The summed E-state index contributed by atoms with van der Waals surface area (Å²) in [5, 5.41) is 2.92. The van der Waals surface area contributed by atoms with Crippen LogP contribution in [0.4, 0.5) is 14.5 Å². The van der Waals surface area contributed by atoms with E-state index in [-0.39, 0.29) is 5.69 Å². The highest BCUT2D eigenvalue weighted by molar-refractivity contribution is 5.50. The zero-order chi connectivity index (χ0) is 15.0. The lowest BCUT2D eigenvalue weighted by Gasteiger charge is -2.29. The Balaban J connectivity index is 1.73. The Bertz CT molecular complexity index is 495. The first-order valence-corrected chi connectivity index (χ1v) is 7.92. The maximum atomic E-state index is 14.2. The summed E-state index contributed by atoms with van der Waals surface area (Å²) in [5.74, 6) is 1.33. The summed E-state index contributed by atoms with van der Waals surface area (Å²) in [4.78, 5) is 1.78. The Morgan fingerprint density at radius 1 is 1.19 bits per heavy atom. The molecule has 1 aromatic rings. The quantitative estimate of drug-likeness (QED) is 0.893. The van der Waals surface area contributed by atoms with E-state index in [4.69, 9.17) is 0 Å². The topological polar surface area (TPSA) is 15.3 Å². The van der Waals surface area contributed by atoms with E-state index in [1.54, 1.807) is 11.9 Å². The van der Waals surface area contributed by atoms with Gasteiger partial charge in [0, 0.05) is 20.1 Å². The van der Waals surface area contributed by atoms with Crippen LogP contribution in [-0.2, 0) is 6.54 Å². The Labute approximate surface area is 125 Å². The highest BCUT2D eigenvalue weighted by Crippen LogP contribution is 2.48. The predicted octanol–water partition coefficient (Wildman–Crippen LogP) is 3.56. The Morgan fingerprint density at radius 3 is 2.43 bits per heavy atom. The minimum absolute atomic E-state index is 0.123. The first-order chi connectivity index (χ1) is 10.1. The zero-order valence-corrected chi connectivity index (χ0v) is 12.8. The SMILES string of the molecule is CNCc1cc(F)c(N(C)CC2CC3CCC2C3)c(F)c1. The van der Waals surface area contributed by atoms with Crippen molar-refractivity contribution in [3.63, 3.8) is 0 Å². The molecule has 0 aliphatic heterocycles. The van der Waals surface area contributed by atoms with Crippen LogP contribution >= 0.6 is 0 Å². The van der Waals surface area contributed by atoms with Crippen LogP contribution in [0, 0.1) is 29.4 Å². The summed E-state index contributed by atoms with van der Waals surface area (Å²) in [6.07, 6.45) is 5.21. The van der Waals surface area contributed by atoms with E-state index in [9.17, 15) is 8.78 Å². The average molecular weight is 294 g/mol. The summed E-state index contributed by atoms with van der Waals surface area (Å²) in [5.41, 5.74) is 0.766. The molecule has 0 spiro atoms. The molecule has 2 saturated carbocycles. The van der Waals surface area contributed by atoms with E-state index >= 15 is 0 Å². The van der Waals surface area contributed by atoms with Gasteiger partial charge in [-0.15, -0.1) is 0 Å². The van der Waals surface area contributed by atoms with Gasteiger partial charge in [-0.1, -0.05) is 6.42 Å². The summed E-state index contributed by atoms with van der Waals surface area (Å²) >= 11 is 0. The third kappa shape index (κ3) is 2.91. The molecule has 2 fully saturated rings. The molecular formula is C17H24F2N2. The second-order valence-electron chi connectivity index (χ2n) is 6.75. The summed E-state index contributed by atoms with van der Waals surface area (Å²) in [7, 11) is 3.58. The molecule has 2 bridgehead atoms. The highest BCUT2D eigenvalue weighted by Gasteiger charge is 2.40. The first-order valence-electron chi connectivity index (χ1n) is 7.92. The molecule has 0 radical (unpaired) electrons. The van der Waals surface area contributed by atoms with Crippen LogP contribution in [0.3, 0.4) is 0 Å². The molecule has 0 saturated heterocycles. The molecule has 1 N–H and O–H groups in total. The van der Waals surface area contributed by atoms with Crippen molar-refractivity contribution >= 4 is 5.69 Å². The van der Waals surface area contributed by atoms with Gasteiger partial charge in [0.15, 0.2) is 0 Å². The number of anilines is 1. The number of nitrogens with zero attached hydrogens (tertiary/aromatic N) is 1. The minimum atomic E-state index is -0.453. The van der Waals surface area contributed by atoms with Crippen molar-refractivity contribution in [3.05, 3.63) is 29.3 Å². The average Bonchev–Trinajstić information content (AvgIpc) is 3.00. The number of fused-ring (bicyclic) bond motifs is 2. The monoisotopic (exact) mass is 294 g/mol. The number of benzene rings is 1. The van der Waals surface area contributed by atoms with Gasteiger partial charge in [0.2, 0.25) is 0 Å². The van der Waals surface area contributed by atoms with E-state index in [2.05, 4.69) is 5.32 Å². The van der Waals surface area contributed by atoms with Crippen LogP contribution in [0.2, 0.25) is 0 Å². The van der Waals surface area contributed by atoms with Gasteiger partial charge in [-0.2, -0.15) is 0 Å².